The quantitative estimate of drug-likeness (QED) is 0.403. The van der Waals surface area contributed by atoms with E-state index in [9.17, 15) is 5.11 Å². The number of hydrogen-bond acceptors (Lipinski definition) is 8. The highest BCUT2D eigenvalue weighted by molar-refractivity contribution is 5.70. The summed E-state index contributed by atoms with van der Waals surface area (Å²) in [6.07, 6.45) is 3.38. The van der Waals surface area contributed by atoms with Crippen LogP contribution in [0.2, 0.25) is 0 Å². The number of methoxy groups -OCH3 is 1. The van der Waals surface area contributed by atoms with Gasteiger partial charge in [0.2, 0.25) is 0 Å². The van der Waals surface area contributed by atoms with Crippen molar-refractivity contribution >= 4 is 11.5 Å². The molecule has 1 aliphatic rings. The lowest BCUT2D eigenvalue weighted by Crippen LogP contribution is -2.33. The maximum Gasteiger partial charge on any atom is 0.161 e. The minimum absolute atomic E-state index is 0.175. The van der Waals surface area contributed by atoms with Gasteiger partial charge in [0.05, 0.1) is 25.1 Å². The molecule has 0 spiro atoms. The lowest BCUT2D eigenvalue weighted by atomic mass is 10.0. The number of nitrogens with zero attached hydrogens (tertiary/aromatic N) is 3. The van der Waals surface area contributed by atoms with Gasteiger partial charge in [-0.3, -0.25) is 0 Å². The van der Waals surface area contributed by atoms with Crippen LogP contribution in [0.4, 0.5) is 5.82 Å². The first-order chi connectivity index (χ1) is 16.9. The van der Waals surface area contributed by atoms with Gasteiger partial charge in [-0.25, -0.2) is 4.98 Å². The molecule has 3 unspecified atom stereocenters. The van der Waals surface area contributed by atoms with Crippen LogP contribution in [0, 0.1) is 0 Å². The van der Waals surface area contributed by atoms with Crippen molar-refractivity contribution in [2.45, 2.75) is 57.8 Å². The van der Waals surface area contributed by atoms with Crippen LogP contribution in [0.25, 0.3) is 16.9 Å². The van der Waals surface area contributed by atoms with Gasteiger partial charge in [0.1, 0.15) is 30.0 Å². The second kappa shape index (κ2) is 11.2. The molecule has 3 heterocycles. The molecule has 4 rings (SSSR count). The van der Waals surface area contributed by atoms with E-state index in [0.29, 0.717) is 24.1 Å². The van der Waals surface area contributed by atoms with Crippen molar-refractivity contribution in [3.8, 4) is 22.8 Å². The SMILES string of the molecule is CNCC(O)COc1cc(OC)cc(-c2cc(NC3CCOC(C)C3)n3ncc(C(C)C)c3n2)c1. The number of ether oxygens (including phenoxy) is 3. The molecule has 1 aliphatic heterocycles. The zero-order chi connectivity index (χ0) is 24.9. The van der Waals surface area contributed by atoms with Crippen molar-refractivity contribution in [2.24, 2.45) is 0 Å². The van der Waals surface area contributed by atoms with Crippen LogP contribution in [0.5, 0.6) is 11.5 Å². The summed E-state index contributed by atoms with van der Waals surface area (Å²) in [6.45, 7) is 7.77. The molecular weight excluding hydrogens is 446 g/mol. The van der Waals surface area contributed by atoms with E-state index in [1.165, 1.54) is 0 Å². The van der Waals surface area contributed by atoms with E-state index in [1.807, 2.05) is 35.0 Å². The van der Waals surface area contributed by atoms with Crippen LogP contribution in [-0.4, -0.2) is 71.9 Å². The fourth-order valence-electron chi connectivity index (χ4n) is 4.38. The fraction of sp³-hybridized carbons (Fsp3) is 0.538. The first-order valence-electron chi connectivity index (χ1n) is 12.3. The molecule has 35 heavy (non-hydrogen) atoms. The fourth-order valence-corrected chi connectivity index (χ4v) is 4.38. The number of rotatable bonds is 10. The molecule has 2 aromatic heterocycles. The molecule has 0 bridgehead atoms. The highest BCUT2D eigenvalue weighted by Crippen LogP contribution is 2.33. The molecule has 9 heteroatoms. The van der Waals surface area contributed by atoms with Gasteiger partial charge < -0.3 is 30.0 Å². The van der Waals surface area contributed by atoms with E-state index in [2.05, 4.69) is 36.5 Å². The second-order valence-electron chi connectivity index (χ2n) is 9.48. The smallest absolute Gasteiger partial charge is 0.161 e. The molecule has 1 aromatic carbocycles. The highest BCUT2D eigenvalue weighted by Gasteiger charge is 2.22. The van der Waals surface area contributed by atoms with E-state index in [-0.39, 0.29) is 18.6 Å². The van der Waals surface area contributed by atoms with Crippen molar-refractivity contribution in [3.05, 3.63) is 36.0 Å². The number of aliphatic hydroxyl groups excluding tert-OH is 1. The van der Waals surface area contributed by atoms with Crippen LogP contribution in [-0.2, 0) is 4.74 Å². The van der Waals surface area contributed by atoms with Crippen LogP contribution >= 0.6 is 0 Å². The lowest BCUT2D eigenvalue weighted by molar-refractivity contribution is 0.0231. The Kier molecular flexibility index (Phi) is 8.10. The Morgan fingerprint density at radius 3 is 2.74 bits per heavy atom. The first-order valence-corrected chi connectivity index (χ1v) is 12.3. The van der Waals surface area contributed by atoms with Gasteiger partial charge in [-0.15, -0.1) is 0 Å². The third-order valence-corrected chi connectivity index (χ3v) is 6.25. The third-order valence-electron chi connectivity index (χ3n) is 6.25. The second-order valence-corrected chi connectivity index (χ2v) is 9.48. The van der Waals surface area contributed by atoms with E-state index in [1.54, 1.807) is 14.2 Å². The average Bonchev–Trinajstić information content (AvgIpc) is 3.27. The molecule has 0 saturated carbocycles. The van der Waals surface area contributed by atoms with Crippen molar-refractivity contribution in [3.63, 3.8) is 0 Å². The van der Waals surface area contributed by atoms with Gasteiger partial charge in [0.25, 0.3) is 0 Å². The molecule has 0 radical (unpaired) electrons. The molecule has 0 amide bonds. The highest BCUT2D eigenvalue weighted by atomic mass is 16.5. The van der Waals surface area contributed by atoms with Gasteiger partial charge in [-0.1, -0.05) is 13.8 Å². The van der Waals surface area contributed by atoms with Gasteiger partial charge >= 0.3 is 0 Å². The molecule has 0 aliphatic carbocycles. The molecular formula is C26H37N5O4. The summed E-state index contributed by atoms with van der Waals surface area (Å²) in [5, 5.41) is 21.3. The zero-order valence-corrected chi connectivity index (χ0v) is 21.2. The Hall–Kier alpha value is -2.88. The predicted molar refractivity (Wildman–Crippen MR) is 137 cm³/mol. The third kappa shape index (κ3) is 6.04. The molecule has 3 aromatic rings. The summed E-state index contributed by atoms with van der Waals surface area (Å²) in [4.78, 5) is 5.00. The van der Waals surface area contributed by atoms with E-state index < -0.39 is 6.10 Å². The summed E-state index contributed by atoms with van der Waals surface area (Å²) < 4.78 is 19.0. The Bertz CT molecular complexity index is 1130. The van der Waals surface area contributed by atoms with Gasteiger partial charge in [0.15, 0.2) is 5.65 Å². The number of aliphatic hydroxyl groups is 1. The Morgan fingerprint density at radius 2 is 2.03 bits per heavy atom. The van der Waals surface area contributed by atoms with E-state index >= 15 is 0 Å². The van der Waals surface area contributed by atoms with Gasteiger partial charge in [0, 0.05) is 42.5 Å². The lowest BCUT2D eigenvalue weighted by Gasteiger charge is -2.28. The number of hydrogen-bond donors (Lipinski definition) is 3. The zero-order valence-electron chi connectivity index (χ0n) is 21.2. The summed E-state index contributed by atoms with van der Waals surface area (Å²) >= 11 is 0. The van der Waals surface area contributed by atoms with Crippen LogP contribution in [0.3, 0.4) is 0 Å². The van der Waals surface area contributed by atoms with Crippen molar-refractivity contribution in [1.82, 2.24) is 19.9 Å². The average molecular weight is 484 g/mol. The Morgan fingerprint density at radius 1 is 1.23 bits per heavy atom. The minimum atomic E-state index is -0.609. The maximum absolute atomic E-state index is 10.1. The molecule has 9 nitrogen and oxygen atoms in total. The Labute approximate surface area is 206 Å². The number of benzene rings is 1. The summed E-state index contributed by atoms with van der Waals surface area (Å²) in [7, 11) is 3.42. The maximum atomic E-state index is 10.1. The van der Waals surface area contributed by atoms with Crippen molar-refractivity contribution in [1.29, 1.82) is 0 Å². The number of nitrogens with one attached hydrogen (secondary N) is 2. The number of likely N-dealkylation sites (N-methyl/N-ethyl adjacent to an activating group) is 1. The summed E-state index contributed by atoms with van der Waals surface area (Å²) in [5.74, 6) is 2.45. The molecule has 190 valence electrons. The standard InChI is InChI=1S/C26H37N5O4/c1-16(2)23-14-28-31-25(29-19-6-7-34-17(3)8-19)12-24(30-26(23)31)18-9-21(33-5)11-22(10-18)35-15-20(32)13-27-4/h9-12,14,16-17,19-20,27,29,32H,6-8,13,15H2,1-5H3. The first kappa shape index (κ1) is 25.2. The Balaban J connectivity index is 1.73. The van der Waals surface area contributed by atoms with Crippen LogP contribution < -0.4 is 20.1 Å². The van der Waals surface area contributed by atoms with Crippen LogP contribution in [0.1, 0.15) is 45.1 Å². The minimum Gasteiger partial charge on any atom is -0.497 e. The molecule has 3 N–H and O–H groups in total. The van der Waals surface area contributed by atoms with Crippen molar-refractivity contribution in [2.75, 3.05) is 39.2 Å². The topological polar surface area (TPSA) is 102 Å². The number of anilines is 1. The number of aromatic nitrogens is 3. The van der Waals surface area contributed by atoms with Gasteiger partial charge in [-0.2, -0.15) is 9.61 Å². The van der Waals surface area contributed by atoms with Gasteiger partial charge in [-0.05, 0) is 44.9 Å². The normalized spacial score (nSPS) is 19.2. The van der Waals surface area contributed by atoms with Crippen LogP contribution in [0.15, 0.2) is 30.5 Å². The largest absolute Gasteiger partial charge is 0.497 e. The summed E-state index contributed by atoms with van der Waals surface area (Å²) in [5.41, 5.74) is 3.57. The van der Waals surface area contributed by atoms with E-state index in [4.69, 9.17) is 19.2 Å². The predicted octanol–water partition coefficient (Wildman–Crippen LogP) is 3.47. The number of fused-ring (bicyclic) bond motifs is 1. The summed E-state index contributed by atoms with van der Waals surface area (Å²) in [6, 6.07) is 8.01. The van der Waals surface area contributed by atoms with Crippen molar-refractivity contribution < 1.29 is 19.3 Å². The van der Waals surface area contributed by atoms with E-state index in [0.717, 1.165) is 47.7 Å². The molecule has 1 fully saturated rings. The molecule has 3 atom stereocenters. The molecule has 1 saturated heterocycles. The monoisotopic (exact) mass is 483 g/mol.